The van der Waals surface area contributed by atoms with Crippen molar-refractivity contribution < 1.29 is 13.2 Å². The van der Waals surface area contributed by atoms with E-state index in [0.717, 1.165) is 25.1 Å². The Hall–Kier alpha value is -0.710. The Morgan fingerprint density at radius 1 is 1.29 bits per heavy atom. The average Bonchev–Trinajstić information content (AvgIpc) is 2.18. The second-order valence-corrected chi connectivity index (χ2v) is 5.16. The van der Waals surface area contributed by atoms with Crippen LogP contribution in [0.4, 0.5) is 18.9 Å². The third-order valence-electron chi connectivity index (χ3n) is 2.33. The van der Waals surface area contributed by atoms with Gasteiger partial charge in [0.25, 0.3) is 0 Å². The molecule has 0 aliphatic heterocycles. The van der Waals surface area contributed by atoms with Gasteiger partial charge in [0, 0.05) is 16.7 Å². The highest BCUT2D eigenvalue weighted by Gasteiger charge is 2.30. The summed E-state index contributed by atoms with van der Waals surface area (Å²) < 4.78 is 37.7. The smallest absolute Gasteiger partial charge is 0.384 e. The molecule has 0 aromatic heterocycles. The number of anilines is 1. The maximum atomic E-state index is 12.4. The van der Waals surface area contributed by atoms with Crippen LogP contribution in [0.25, 0.3) is 0 Å². The van der Waals surface area contributed by atoms with Crippen LogP contribution in [0.5, 0.6) is 0 Å². The molecule has 0 radical (unpaired) electrons. The van der Waals surface area contributed by atoms with E-state index in [0.29, 0.717) is 16.1 Å². The minimum absolute atomic E-state index is 0.441. The highest BCUT2D eigenvalue weighted by Crippen LogP contribution is 2.33. The Bertz CT molecular complexity index is 375. The van der Waals surface area contributed by atoms with Crippen molar-refractivity contribution in [2.75, 3.05) is 11.9 Å². The molecule has 0 saturated carbocycles. The van der Waals surface area contributed by atoms with Crippen molar-refractivity contribution in [2.45, 2.75) is 26.4 Å². The molecule has 5 heteroatoms. The van der Waals surface area contributed by atoms with Crippen molar-refractivity contribution in [3.05, 3.63) is 28.2 Å². The van der Waals surface area contributed by atoms with Gasteiger partial charge in [0.05, 0.1) is 5.56 Å². The molecule has 0 spiro atoms. The first-order chi connectivity index (χ1) is 7.80. The summed E-state index contributed by atoms with van der Waals surface area (Å²) in [5.41, 5.74) is 0.0532. The molecule has 0 atom stereocenters. The van der Waals surface area contributed by atoms with Gasteiger partial charge in [-0.05, 0) is 46.5 Å². The second-order valence-electron chi connectivity index (χ2n) is 4.30. The molecule has 0 heterocycles. The Morgan fingerprint density at radius 2 is 1.94 bits per heavy atom. The van der Waals surface area contributed by atoms with Gasteiger partial charge in [0.2, 0.25) is 0 Å². The standard InChI is InChI=1S/C12H15BrF3N/c1-8(2)5-6-17-11-4-3-9(7-10(11)13)12(14,15)16/h3-4,7-8,17H,5-6H2,1-2H3. The zero-order chi connectivity index (χ0) is 13.1. The van der Waals surface area contributed by atoms with Crippen molar-refractivity contribution in [3.8, 4) is 0 Å². The normalized spacial score (nSPS) is 11.9. The molecule has 0 aliphatic carbocycles. The summed E-state index contributed by atoms with van der Waals surface area (Å²) in [6, 6.07) is 3.63. The summed E-state index contributed by atoms with van der Waals surface area (Å²) in [4.78, 5) is 0. The molecule has 0 bridgehead atoms. The average molecular weight is 310 g/mol. The molecule has 0 aliphatic rings. The lowest BCUT2D eigenvalue weighted by Crippen LogP contribution is -2.08. The van der Waals surface area contributed by atoms with Crippen LogP contribution in [0, 0.1) is 5.92 Å². The Balaban J connectivity index is 2.70. The number of nitrogens with one attached hydrogen (secondary N) is 1. The lowest BCUT2D eigenvalue weighted by Gasteiger charge is -2.12. The lowest BCUT2D eigenvalue weighted by molar-refractivity contribution is -0.137. The van der Waals surface area contributed by atoms with Gasteiger partial charge in [0.1, 0.15) is 0 Å². The maximum absolute atomic E-state index is 12.4. The van der Waals surface area contributed by atoms with Crippen LogP contribution in [0.3, 0.4) is 0 Å². The molecule has 1 aromatic carbocycles. The topological polar surface area (TPSA) is 12.0 Å². The molecular formula is C12H15BrF3N. The van der Waals surface area contributed by atoms with E-state index in [2.05, 4.69) is 35.1 Å². The molecule has 0 saturated heterocycles. The van der Waals surface area contributed by atoms with E-state index in [1.54, 1.807) is 0 Å². The van der Waals surface area contributed by atoms with Crippen LogP contribution in [0.2, 0.25) is 0 Å². The first-order valence-electron chi connectivity index (χ1n) is 5.41. The lowest BCUT2D eigenvalue weighted by atomic mass is 10.1. The van der Waals surface area contributed by atoms with Crippen molar-refractivity contribution in [1.82, 2.24) is 0 Å². The Morgan fingerprint density at radius 3 is 2.41 bits per heavy atom. The van der Waals surface area contributed by atoms with Gasteiger partial charge >= 0.3 is 6.18 Å². The minimum Gasteiger partial charge on any atom is -0.384 e. The number of alkyl halides is 3. The number of hydrogen-bond donors (Lipinski definition) is 1. The van der Waals surface area contributed by atoms with Crippen molar-refractivity contribution in [2.24, 2.45) is 5.92 Å². The fraction of sp³-hybridized carbons (Fsp3) is 0.500. The van der Waals surface area contributed by atoms with Crippen LogP contribution in [-0.2, 0) is 6.18 Å². The van der Waals surface area contributed by atoms with E-state index < -0.39 is 11.7 Å². The predicted molar refractivity (Wildman–Crippen MR) is 67.1 cm³/mol. The quantitative estimate of drug-likeness (QED) is 0.832. The van der Waals surface area contributed by atoms with Gasteiger partial charge in [-0.25, -0.2) is 0 Å². The van der Waals surface area contributed by atoms with Gasteiger partial charge in [-0.3, -0.25) is 0 Å². The van der Waals surface area contributed by atoms with Gasteiger partial charge in [-0.15, -0.1) is 0 Å². The van der Waals surface area contributed by atoms with Crippen LogP contribution in [0.15, 0.2) is 22.7 Å². The fourth-order valence-electron chi connectivity index (χ4n) is 1.33. The van der Waals surface area contributed by atoms with E-state index in [1.165, 1.54) is 6.07 Å². The summed E-state index contributed by atoms with van der Waals surface area (Å²) in [6.45, 7) is 4.95. The fourth-order valence-corrected chi connectivity index (χ4v) is 1.85. The number of halogens is 4. The summed E-state index contributed by atoms with van der Waals surface area (Å²) >= 11 is 3.14. The van der Waals surface area contributed by atoms with E-state index in [1.807, 2.05) is 0 Å². The van der Waals surface area contributed by atoms with E-state index in [9.17, 15) is 13.2 Å². The molecule has 1 N–H and O–H groups in total. The van der Waals surface area contributed by atoms with E-state index in [4.69, 9.17) is 0 Å². The predicted octanol–water partition coefficient (Wildman–Crippen LogP) is 4.93. The number of hydrogen-bond acceptors (Lipinski definition) is 1. The molecule has 0 fully saturated rings. The van der Waals surface area contributed by atoms with Crippen LogP contribution < -0.4 is 5.32 Å². The highest BCUT2D eigenvalue weighted by molar-refractivity contribution is 9.10. The summed E-state index contributed by atoms with van der Waals surface area (Å²) in [5, 5.41) is 3.11. The van der Waals surface area contributed by atoms with Gasteiger partial charge < -0.3 is 5.32 Å². The maximum Gasteiger partial charge on any atom is 0.416 e. The minimum atomic E-state index is -4.29. The summed E-state index contributed by atoms with van der Waals surface area (Å²) in [7, 11) is 0. The SMILES string of the molecule is CC(C)CCNc1ccc(C(F)(F)F)cc1Br. The Labute approximate surface area is 108 Å². The van der Waals surface area contributed by atoms with Gasteiger partial charge in [-0.2, -0.15) is 13.2 Å². The third-order valence-corrected chi connectivity index (χ3v) is 2.99. The number of benzene rings is 1. The molecule has 1 aromatic rings. The van der Waals surface area contributed by atoms with Crippen LogP contribution >= 0.6 is 15.9 Å². The summed E-state index contributed by atoms with van der Waals surface area (Å²) in [6.07, 6.45) is -3.31. The first kappa shape index (κ1) is 14.4. The largest absolute Gasteiger partial charge is 0.416 e. The second kappa shape index (κ2) is 5.76. The highest BCUT2D eigenvalue weighted by atomic mass is 79.9. The zero-order valence-corrected chi connectivity index (χ0v) is 11.3. The number of rotatable bonds is 4. The molecule has 96 valence electrons. The monoisotopic (exact) mass is 309 g/mol. The van der Waals surface area contributed by atoms with Crippen molar-refractivity contribution in [1.29, 1.82) is 0 Å². The Kier molecular flexibility index (Phi) is 4.86. The molecule has 0 amide bonds. The molecule has 0 unspecified atom stereocenters. The molecule has 1 rings (SSSR count). The van der Waals surface area contributed by atoms with Gasteiger partial charge in [-0.1, -0.05) is 13.8 Å². The first-order valence-corrected chi connectivity index (χ1v) is 6.20. The summed E-state index contributed by atoms with van der Waals surface area (Å²) in [5.74, 6) is 0.565. The zero-order valence-electron chi connectivity index (χ0n) is 9.74. The van der Waals surface area contributed by atoms with Gasteiger partial charge in [0.15, 0.2) is 0 Å². The molecular weight excluding hydrogens is 295 g/mol. The van der Waals surface area contributed by atoms with E-state index >= 15 is 0 Å². The molecule has 1 nitrogen and oxygen atoms in total. The van der Waals surface area contributed by atoms with Crippen LogP contribution in [-0.4, -0.2) is 6.54 Å². The van der Waals surface area contributed by atoms with Crippen molar-refractivity contribution in [3.63, 3.8) is 0 Å². The van der Waals surface area contributed by atoms with E-state index in [-0.39, 0.29) is 0 Å². The third kappa shape index (κ3) is 4.58. The van der Waals surface area contributed by atoms with Crippen LogP contribution in [0.1, 0.15) is 25.8 Å². The molecule has 17 heavy (non-hydrogen) atoms. The van der Waals surface area contributed by atoms with Crippen molar-refractivity contribution >= 4 is 21.6 Å².